The van der Waals surface area contributed by atoms with Crippen molar-refractivity contribution in [3.8, 4) is 11.5 Å². The molecular formula is C34H39N3O4. The van der Waals surface area contributed by atoms with Gasteiger partial charge in [-0.3, -0.25) is 9.59 Å². The Kier molecular flexibility index (Phi) is 9.24. The molecule has 0 bridgehead atoms. The quantitative estimate of drug-likeness (QED) is 0.239. The Bertz CT molecular complexity index is 1460. The first-order chi connectivity index (χ1) is 20.1. The third-order valence-corrected chi connectivity index (χ3v) is 8.05. The van der Waals surface area contributed by atoms with Crippen LogP contribution in [0.15, 0.2) is 79.0 Å². The second-order valence-electron chi connectivity index (χ2n) is 10.7. The molecule has 214 valence electrons. The Hall–Kier alpha value is -4.26. The SMILES string of the molecule is COc1ccc(CCN(C(=O)Cc2c[nH]c3ccccc23)C(C(=O)NC2CCCCC2)c2ccccc2)cc1OC. The van der Waals surface area contributed by atoms with Gasteiger partial charge in [-0.05, 0) is 54.2 Å². The predicted molar refractivity (Wildman–Crippen MR) is 161 cm³/mol. The van der Waals surface area contributed by atoms with Gasteiger partial charge in [0.25, 0.3) is 0 Å². The van der Waals surface area contributed by atoms with Crippen LogP contribution in [-0.4, -0.2) is 48.5 Å². The fourth-order valence-electron chi connectivity index (χ4n) is 5.86. The monoisotopic (exact) mass is 553 g/mol. The smallest absolute Gasteiger partial charge is 0.247 e. The molecular weight excluding hydrogens is 514 g/mol. The van der Waals surface area contributed by atoms with Gasteiger partial charge in [-0.2, -0.15) is 0 Å². The lowest BCUT2D eigenvalue weighted by molar-refractivity contribution is -0.140. The van der Waals surface area contributed by atoms with Gasteiger partial charge in [-0.25, -0.2) is 0 Å². The Morgan fingerprint density at radius 1 is 0.927 bits per heavy atom. The van der Waals surface area contributed by atoms with Crippen molar-refractivity contribution in [2.45, 2.75) is 57.0 Å². The van der Waals surface area contributed by atoms with Crippen LogP contribution in [0.3, 0.4) is 0 Å². The molecule has 2 amide bonds. The summed E-state index contributed by atoms with van der Waals surface area (Å²) < 4.78 is 10.9. The fourth-order valence-corrected chi connectivity index (χ4v) is 5.86. The number of nitrogens with zero attached hydrogens (tertiary/aromatic N) is 1. The number of methoxy groups -OCH3 is 2. The molecule has 3 aromatic carbocycles. The molecule has 1 fully saturated rings. The van der Waals surface area contributed by atoms with Crippen LogP contribution in [-0.2, 0) is 22.4 Å². The normalized spacial score (nSPS) is 14.4. The topological polar surface area (TPSA) is 83.7 Å². The second kappa shape index (κ2) is 13.4. The zero-order valence-electron chi connectivity index (χ0n) is 23.9. The van der Waals surface area contributed by atoms with Crippen molar-refractivity contribution in [1.82, 2.24) is 15.2 Å². The summed E-state index contributed by atoms with van der Waals surface area (Å²) in [5, 5.41) is 4.31. The van der Waals surface area contributed by atoms with Crippen molar-refractivity contribution in [3.05, 3.63) is 95.7 Å². The van der Waals surface area contributed by atoms with Crippen molar-refractivity contribution in [2.24, 2.45) is 0 Å². The molecule has 1 atom stereocenters. The number of carbonyl (C=O) groups excluding carboxylic acids is 2. The third-order valence-electron chi connectivity index (χ3n) is 8.05. The number of carbonyl (C=O) groups is 2. The van der Waals surface area contributed by atoms with Gasteiger partial charge in [-0.15, -0.1) is 0 Å². The van der Waals surface area contributed by atoms with E-state index in [1.807, 2.05) is 79.0 Å². The summed E-state index contributed by atoms with van der Waals surface area (Å²) in [7, 11) is 3.22. The minimum atomic E-state index is -0.740. The number of benzene rings is 3. The molecule has 1 heterocycles. The van der Waals surface area contributed by atoms with E-state index in [-0.39, 0.29) is 24.3 Å². The largest absolute Gasteiger partial charge is 0.493 e. The van der Waals surface area contributed by atoms with E-state index in [0.717, 1.165) is 53.3 Å². The van der Waals surface area contributed by atoms with E-state index in [2.05, 4.69) is 10.3 Å². The van der Waals surface area contributed by atoms with Gasteiger partial charge < -0.3 is 24.7 Å². The highest BCUT2D eigenvalue weighted by atomic mass is 16.5. The minimum absolute atomic E-state index is 0.0946. The van der Waals surface area contributed by atoms with Crippen LogP contribution in [0.2, 0.25) is 0 Å². The lowest BCUT2D eigenvalue weighted by Gasteiger charge is -2.33. The molecule has 0 aliphatic heterocycles. The zero-order valence-corrected chi connectivity index (χ0v) is 23.9. The van der Waals surface area contributed by atoms with Gasteiger partial charge >= 0.3 is 0 Å². The zero-order chi connectivity index (χ0) is 28.6. The van der Waals surface area contributed by atoms with Crippen LogP contribution in [0.4, 0.5) is 0 Å². The van der Waals surface area contributed by atoms with Gasteiger partial charge in [0.2, 0.25) is 11.8 Å². The average Bonchev–Trinajstić information content (AvgIpc) is 3.42. The Morgan fingerprint density at radius 3 is 2.41 bits per heavy atom. The van der Waals surface area contributed by atoms with Crippen LogP contribution < -0.4 is 14.8 Å². The highest BCUT2D eigenvalue weighted by Gasteiger charge is 2.33. The fraction of sp³-hybridized carbons (Fsp3) is 0.353. The van der Waals surface area contributed by atoms with Crippen LogP contribution >= 0.6 is 0 Å². The molecule has 0 saturated heterocycles. The Labute approximate surface area is 241 Å². The minimum Gasteiger partial charge on any atom is -0.493 e. The number of H-pyrrole nitrogens is 1. The van der Waals surface area contributed by atoms with Gasteiger partial charge in [-0.1, -0.05) is 73.9 Å². The molecule has 5 rings (SSSR count). The predicted octanol–water partition coefficient (Wildman–Crippen LogP) is 5.99. The summed E-state index contributed by atoms with van der Waals surface area (Å²) >= 11 is 0. The summed E-state index contributed by atoms with van der Waals surface area (Å²) in [6.45, 7) is 0.369. The molecule has 4 aromatic rings. The summed E-state index contributed by atoms with van der Waals surface area (Å²) in [6.07, 6.45) is 8.02. The van der Waals surface area contributed by atoms with E-state index < -0.39 is 6.04 Å². The first kappa shape index (κ1) is 28.3. The van der Waals surface area contributed by atoms with Gasteiger partial charge in [0, 0.05) is 29.7 Å². The van der Waals surface area contributed by atoms with E-state index in [0.29, 0.717) is 24.5 Å². The van der Waals surface area contributed by atoms with Crippen molar-refractivity contribution in [3.63, 3.8) is 0 Å². The molecule has 1 saturated carbocycles. The van der Waals surface area contributed by atoms with Gasteiger partial charge in [0.05, 0.1) is 20.6 Å². The molecule has 1 aliphatic carbocycles. The lowest BCUT2D eigenvalue weighted by atomic mass is 9.94. The molecule has 0 radical (unpaired) electrons. The van der Waals surface area contributed by atoms with Crippen LogP contribution in [0.5, 0.6) is 11.5 Å². The van der Waals surface area contributed by atoms with Crippen LogP contribution in [0.25, 0.3) is 10.9 Å². The maximum Gasteiger partial charge on any atom is 0.247 e. The molecule has 41 heavy (non-hydrogen) atoms. The number of ether oxygens (including phenoxy) is 2. The van der Waals surface area contributed by atoms with Crippen molar-refractivity contribution >= 4 is 22.7 Å². The molecule has 7 heteroatoms. The second-order valence-corrected chi connectivity index (χ2v) is 10.7. The van der Waals surface area contributed by atoms with Crippen LogP contribution in [0.1, 0.15) is 54.8 Å². The molecule has 0 spiro atoms. The first-order valence-electron chi connectivity index (χ1n) is 14.5. The highest BCUT2D eigenvalue weighted by Crippen LogP contribution is 2.30. The lowest BCUT2D eigenvalue weighted by Crippen LogP contribution is -2.48. The van der Waals surface area contributed by atoms with E-state index in [1.165, 1.54) is 6.42 Å². The summed E-state index contributed by atoms with van der Waals surface area (Å²) in [4.78, 5) is 33.2. The number of aromatic nitrogens is 1. The van der Waals surface area contributed by atoms with Gasteiger partial charge in [0.15, 0.2) is 11.5 Å². The number of nitrogens with one attached hydrogen (secondary N) is 2. The summed E-state index contributed by atoms with van der Waals surface area (Å²) in [5.74, 6) is 1.07. The number of rotatable bonds is 11. The molecule has 2 N–H and O–H groups in total. The first-order valence-corrected chi connectivity index (χ1v) is 14.5. The standard InChI is InChI=1S/C34H39N3O4/c1-40-30-18-17-24(21-31(30)41-2)19-20-37(32(38)22-26-23-35-29-16-10-9-15-28(26)29)33(25-11-5-3-6-12-25)34(39)36-27-13-7-4-8-14-27/h3,5-6,9-12,15-18,21,23,27,33,35H,4,7-8,13-14,19-20,22H2,1-2H3,(H,36,39). The highest BCUT2D eigenvalue weighted by molar-refractivity contribution is 5.92. The number of fused-ring (bicyclic) bond motifs is 1. The number of para-hydroxylation sites is 1. The molecule has 7 nitrogen and oxygen atoms in total. The Balaban J connectivity index is 1.47. The third kappa shape index (κ3) is 6.73. The molecule has 1 unspecified atom stereocenters. The number of hydrogen-bond acceptors (Lipinski definition) is 4. The summed E-state index contributed by atoms with van der Waals surface area (Å²) in [5.41, 5.74) is 3.70. The maximum atomic E-state index is 14.2. The van der Waals surface area contributed by atoms with E-state index >= 15 is 0 Å². The molecule has 1 aliphatic rings. The maximum absolute atomic E-state index is 14.2. The average molecular weight is 554 g/mol. The Morgan fingerprint density at radius 2 is 1.66 bits per heavy atom. The van der Waals surface area contributed by atoms with E-state index in [4.69, 9.17) is 9.47 Å². The summed E-state index contributed by atoms with van der Waals surface area (Å²) in [6, 6.07) is 22.8. The van der Waals surface area contributed by atoms with E-state index in [1.54, 1.807) is 19.1 Å². The van der Waals surface area contributed by atoms with Crippen molar-refractivity contribution in [2.75, 3.05) is 20.8 Å². The van der Waals surface area contributed by atoms with Crippen molar-refractivity contribution < 1.29 is 19.1 Å². The van der Waals surface area contributed by atoms with Gasteiger partial charge in [0.1, 0.15) is 6.04 Å². The number of aromatic amines is 1. The van der Waals surface area contributed by atoms with Crippen molar-refractivity contribution in [1.29, 1.82) is 0 Å². The number of hydrogen-bond donors (Lipinski definition) is 2. The number of amides is 2. The molecule has 1 aromatic heterocycles. The van der Waals surface area contributed by atoms with Crippen LogP contribution in [0, 0.1) is 0 Å². The van der Waals surface area contributed by atoms with E-state index in [9.17, 15) is 9.59 Å².